The Morgan fingerprint density at radius 2 is 1.95 bits per heavy atom. The normalized spacial score (nSPS) is 11.7. The average Bonchev–Trinajstić information content (AvgIpc) is 2.47. The van der Waals surface area contributed by atoms with Gasteiger partial charge in [-0.25, -0.2) is 8.78 Å². The van der Waals surface area contributed by atoms with Crippen LogP contribution in [-0.2, 0) is 0 Å². The van der Waals surface area contributed by atoms with Gasteiger partial charge in [-0.3, -0.25) is 0 Å². The molecule has 0 saturated heterocycles. The van der Waals surface area contributed by atoms with Crippen LogP contribution in [0.3, 0.4) is 0 Å². The number of nitrogens with zero attached hydrogens (tertiary/aromatic N) is 1. The van der Waals surface area contributed by atoms with E-state index in [1.54, 1.807) is 18.2 Å². The van der Waals surface area contributed by atoms with Crippen LogP contribution in [0, 0.1) is 23.0 Å². The molecule has 0 aliphatic heterocycles. The van der Waals surface area contributed by atoms with Gasteiger partial charge in [0.25, 0.3) is 0 Å². The Morgan fingerprint density at radius 1 is 1.14 bits per heavy atom. The van der Waals surface area contributed by atoms with Crippen molar-refractivity contribution in [2.24, 2.45) is 0 Å². The molecule has 1 unspecified atom stereocenters. The number of benzene rings is 2. The fourth-order valence-electron chi connectivity index (χ4n) is 1.89. The maximum Gasteiger partial charge on any atom is 0.162 e. The van der Waals surface area contributed by atoms with Crippen molar-refractivity contribution in [2.45, 2.75) is 12.3 Å². The fourth-order valence-corrected chi connectivity index (χ4v) is 2.09. The van der Waals surface area contributed by atoms with Crippen molar-refractivity contribution in [3.05, 3.63) is 64.7 Å². The number of ether oxygens (including phenoxy) is 1. The molecule has 0 spiro atoms. The molecule has 0 heterocycles. The zero-order valence-corrected chi connectivity index (χ0v) is 11.8. The van der Waals surface area contributed by atoms with Gasteiger partial charge in [-0.2, -0.15) is 5.26 Å². The molecule has 0 saturated carbocycles. The average molecular weight is 308 g/mol. The van der Waals surface area contributed by atoms with Crippen LogP contribution < -0.4 is 4.74 Å². The van der Waals surface area contributed by atoms with Gasteiger partial charge in [0.1, 0.15) is 5.75 Å². The summed E-state index contributed by atoms with van der Waals surface area (Å²) in [4.78, 5) is 0. The molecule has 108 valence electrons. The smallest absolute Gasteiger partial charge is 0.162 e. The highest BCUT2D eigenvalue weighted by atomic mass is 35.5. The molecule has 0 fully saturated rings. The third kappa shape index (κ3) is 4.17. The molecular weight excluding hydrogens is 296 g/mol. The number of halogens is 3. The summed E-state index contributed by atoms with van der Waals surface area (Å²) in [6.45, 7) is 0.218. The molecule has 21 heavy (non-hydrogen) atoms. The summed E-state index contributed by atoms with van der Waals surface area (Å²) in [5, 5.41) is 9.75. The number of hydrogen-bond acceptors (Lipinski definition) is 2. The van der Waals surface area contributed by atoms with E-state index in [0.717, 1.165) is 17.7 Å². The summed E-state index contributed by atoms with van der Waals surface area (Å²) in [7, 11) is 0. The van der Waals surface area contributed by atoms with Crippen molar-refractivity contribution in [3.63, 3.8) is 0 Å². The van der Waals surface area contributed by atoms with E-state index in [2.05, 4.69) is 6.07 Å². The Balaban J connectivity index is 1.95. The third-order valence-corrected chi connectivity index (χ3v) is 3.21. The van der Waals surface area contributed by atoms with Crippen LogP contribution in [-0.4, -0.2) is 6.61 Å². The van der Waals surface area contributed by atoms with Crippen molar-refractivity contribution in [2.75, 3.05) is 6.61 Å². The summed E-state index contributed by atoms with van der Waals surface area (Å²) >= 11 is 5.89. The second-order valence-corrected chi connectivity index (χ2v) is 4.89. The summed E-state index contributed by atoms with van der Waals surface area (Å²) in [6, 6.07) is 12.6. The minimum absolute atomic E-state index is 0.218. The predicted molar refractivity (Wildman–Crippen MR) is 76.3 cm³/mol. The Labute approximate surface area is 126 Å². The summed E-state index contributed by atoms with van der Waals surface area (Å²) in [5.41, 5.74) is 0.805. The van der Waals surface area contributed by atoms with Gasteiger partial charge in [-0.15, -0.1) is 0 Å². The van der Waals surface area contributed by atoms with Gasteiger partial charge >= 0.3 is 0 Å². The summed E-state index contributed by atoms with van der Waals surface area (Å²) in [5.74, 6) is -2.01. The molecule has 2 nitrogen and oxygen atoms in total. The molecular formula is C16H12ClF2NO. The highest BCUT2D eigenvalue weighted by Gasteiger charge is 2.11. The lowest BCUT2D eigenvalue weighted by Gasteiger charge is -2.11. The lowest BCUT2D eigenvalue weighted by Crippen LogP contribution is -2.05. The number of rotatable bonds is 5. The fraction of sp³-hybridized carbons (Fsp3) is 0.188. The molecule has 5 heteroatoms. The Kier molecular flexibility index (Phi) is 5.13. The summed E-state index contributed by atoms with van der Waals surface area (Å²) < 4.78 is 31.1. The van der Waals surface area contributed by atoms with E-state index in [1.165, 1.54) is 6.07 Å². The SMILES string of the molecule is N#CC(CCOc1ccc(F)c(F)c1)c1cccc(Cl)c1. The van der Waals surface area contributed by atoms with Crippen LogP contribution in [0.2, 0.25) is 5.02 Å². The second-order valence-electron chi connectivity index (χ2n) is 4.45. The van der Waals surface area contributed by atoms with Gasteiger partial charge in [-0.1, -0.05) is 23.7 Å². The molecule has 0 aliphatic carbocycles. The first-order chi connectivity index (χ1) is 10.1. The molecule has 0 N–H and O–H groups in total. The van der Waals surface area contributed by atoms with Gasteiger partial charge in [0, 0.05) is 17.5 Å². The molecule has 2 rings (SSSR count). The van der Waals surface area contributed by atoms with Gasteiger partial charge in [-0.05, 0) is 29.8 Å². The van der Waals surface area contributed by atoms with Crippen molar-refractivity contribution in [1.29, 1.82) is 5.26 Å². The minimum Gasteiger partial charge on any atom is -0.493 e. The van der Waals surface area contributed by atoms with E-state index in [-0.39, 0.29) is 18.3 Å². The standard InChI is InChI=1S/C16H12ClF2NO/c17-13-3-1-2-11(8-13)12(10-20)6-7-21-14-4-5-15(18)16(19)9-14/h1-5,8-9,12H,6-7H2. The van der Waals surface area contributed by atoms with E-state index < -0.39 is 11.6 Å². The molecule has 1 atom stereocenters. The van der Waals surface area contributed by atoms with E-state index in [0.29, 0.717) is 11.4 Å². The lowest BCUT2D eigenvalue weighted by atomic mass is 9.98. The monoisotopic (exact) mass is 307 g/mol. The largest absolute Gasteiger partial charge is 0.493 e. The van der Waals surface area contributed by atoms with Crippen LogP contribution in [0.4, 0.5) is 8.78 Å². The summed E-state index contributed by atoms with van der Waals surface area (Å²) in [6.07, 6.45) is 0.426. The molecule has 2 aromatic carbocycles. The molecule has 0 radical (unpaired) electrons. The third-order valence-electron chi connectivity index (χ3n) is 2.97. The van der Waals surface area contributed by atoms with Crippen molar-refractivity contribution in [3.8, 4) is 11.8 Å². The molecule has 0 aliphatic rings. The van der Waals surface area contributed by atoms with Crippen LogP contribution in [0.1, 0.15) is 17.9 Å². The topological polar surface area (TPSA) is 33.0 Å². The molecule has 0 aromatic heterocycles. The highest BCUT2D eigenvalue weighted by molar-refractivity contribution is 6.30. The Morgan fingerprint density at radius 3 is 2.62 bits per heavy atom. The molecule has 0 amide bonds. The first-order valence-corrected chi connectivity index (χ1v) is 6.71. The molecule has 0 bridgehead atoms. The number of nitriles is 1. The first kappa shape index (κ1) is 15.3. The zero-order valence-electron chi connectivity index (χ0n) is 11.0. The first-order valence-electron chi connectivity index (χ1n) is 6.33. The van der Waals surface area contributed by atoms with E-state index >= 15 is 0 Å². The highest BCUT2D eigenvalue weighted by Crippen LogP contribution is 2.23. The minimum atomic E-state index is -0.959. The van der Waals surface area contributed by atoms with Crippen molar-refractivity contribution < 1.29 is 13.5 Å². The zero-order chi connectivity index (χ0) is 15.2. The van der Waals surface area contributed by atoms with Gasteiger partial charge in [0.2, 0.25) is 0 Å². The van der Waals surface area contributed by atoms with Crippen molar-refractivity contribution >= 4 is 11.6 Å². The second kappa shape index (κ2) is 7.05. The van der Waals surface area contributed by atoms with Crippen molar-refractivity contribution in [1.82, 2.24) is 0 Å². The quantitative estimate of drug-likeness (QED) is 0.802. The van der Waals surface area contributed by atoms with E-state index in [4.69, 9.17) is 16.3 Å². The Hall–Kier alpha value is -2.12. The predicted octanol–water partition coefficient (Wildman–Crippen LogP) is 4.69. The maximum absolute atomic E-state index is 13.0. The maximum atomic E-state index is 13.0. The van der Waals surface area contributed by atoms with Crippen LogP contribution >= 0.6 is 11.6 Å². The van der Waals surface area contributed by atoms with Gasteiger partial charge < -0.3 is 4.74 Å². The van der Waals surface area contributed by atoms with E-state index in [1.807, 2.05) is 6.07 Å². The van der Waals surface area contributed by atoms with Gasteiger partial charge in [0.05, 0.1) is 18.6 Å². The van der Waals surface area contributed by atoms with Crippen LogP contribution in [0.25, 0.3) is 0 Å². The van der Waals surface area contributed by atoms with Gasteiger partial charge in [0.15, 0.2) is 11.6 Å². The van der Waals surface area contributed by atoms with Crippen LogP contribution in [0.5, 0.6) is 5.75 Å². The number of hydrogen-bond donors (Lipinski definition) is 0. The van der Waals surface area contributed by atoms with E-state index in [9.17, 15) is 14.0 Å². The lowest BCUT2D eigenvalue weighted by molar-refractivity contribution is 0.303. The molecule has 2 aromatic rings. The van der Waals surface area contributed by atoms with Crippen LogP contribution in [0.15, 0.2) is 42.5 Å². The Bertz CT molecular complexity index is 670.